The molecular formula is C18H36O3. The molecule has 0 aliphatic heterocycles. The van der Waals surface area contributed by atoms with Crippen molar-refractivity contribution in [3.63, 3.8) is 0 Å². The normalized spacial score (nSPS) is 13.9. The molecule has 0 aromatic rings. The Balaban J connectivity index is 3.59. The van der Waals surface area contributed by atoms with Gasteiger partial charge in [-0.25, -0.2) is 0 Å². The van der Waals surface area contributed by atoms with Crippen molar-refractivity contribution in [2.75, 3.05) is 6.61 Å². The summed E-state index contributed by atoms with van der Waals surface area (Å²) in [4.78, 5) is 11.9. The smallest absolute Gasteiger partial charge is 0.311 e. The van der Waals surface area contributed by atoms with E-state index in [1.807, 2.05) is 13.8 Å². The van der Waals surface area contributed by atoms with Gasteiger partial charge in [0.2, 0.25) is 0 Å². The van der Waals surface area contributed by atoms with Gasteiger partial charge in [-0.15, -0.1) is 0 Å². The van der Waals surface area contributed by atoms with E-state index in [2.05, 4.69) is 6.92 Å². The molecule has 0 rings (SSSR count). The van der Waals surface area contributed by atoms with Gasteiger partial charge in [0.15, 0.2) is 0 Å². The second-order valence-electron chi connectivity index (χ2n) is 6.01. The summed E-state index contributed by atoms with van der Waals surface area (Å²) in [6.45, 7) is 6.68. The van der Waals surface area contributed by atoms with Crippen molar-refractivity contribution < 1.29 is 14.6 Å². The van der Waals surface area contributed by atoms with Crippen LogP contribution in [0.3, 0.4) is 0 Å². The predicted octanol–water partition coefficient (Wildman–Crippen LogP) is 4.86. The topological polar surface area (TPSA) is 46.5 Å². The van der Waals surface area contributed by atoms with Crippen molar-refractivity contribution >= 4 is 5.97 Å². The van der Waals surface area contributed by atoms with Crippen LogP contribution in [0.5, 0.6) is 0 Å². The van der Waals surface area contributed by atoms with Crippen molar-refractivity contribution in [1.82, 2.24) is 0 Å². The fourth-order valence-electron chi connectivity index (χ4n) is 2.61. The van der Waals surface area contributed by atoms with Crippen LogP contribution in [0.25, 0.3) is 0 Å². The highest BCUT2D eigenvalue weighted by molar-refractivity contribution is 5.73. The van der Waals surface area contributed by atoms with E-state index in [-0.39, 0.29) is 11.9 Å². The molecule has 2 atom stereocenters. The molecule has 0 bridgehead atoms. The number of ether oxygens (including phenoxy) is 1. The zero-order chi connectivity index (χ0) is 15.9. The van der Waals surface area contributed by atoms with E-state index in [4.69, 9.17) is 4.74 Å². The van der Waals surface area contributed by atoms with Crippen molar-refractivity contribution in [3.8, 4) is 0 Å². The Hall–Kier alpha value is -0.570. The highest BCUT2D eigenvalue weighted by Crippen LogP contribution is 2.16. The van der Waals surface area contributed by atoms with Gasteiger partial charge in [0, 0.05) is 0 Å². The molecule has 0 radical (unpaired) electrons. The molecule has 0 saturated carbocycles. The first-order valence-electron chi connectivity index (χ1n) is 9.01. The van der Waals surface area contributed by atoms with Crippen LogP contribution in [0.2, 0.25) is 0 Å². The van der Waals surface area contributed by atoms with Crippen molar-refractivity contribution in [2.45, 2.75) is 97.5 Å². The van der Waals surface area contributed by atoms with Gasteiger partial charge in [0.05, 0.1) is 18.6 Å². The average molecular weight is 300 g/mol. The molecule has 3 heteroatoms. The molecule has 21 heavy (non-hydrogen) atoms. The molecule has 0 spiro atoms. The van der Waals surface area contributed by atoms with Gasteiger partial charge in [-0.05, 0) is 19.3 Å². The number of aliphatic hydroxyl groups is 1. The van der Waals surface area contributed by atoms with Crippen molar-refractivity contribution in [1.29, 1.82) is 0 Å². The predicted molar refractivity (Wildman–Crippen MR) is 88.3 cm³/mol. The third-order valence-electron chi connectivity index (χ3n) is 4.03. The summed E-state index contributed by atoms with van der Waals surface area (Å²) in [6.07, 6.45) is 11.6. The lowest BCUT2D eigenvalue weighted by Gasteiger charge is -2.19. The molecule has 0 saturated heterocycles. The Labute approximate surface area is 131 Å². The molecular weight excluding hydrogens is 264 g/mol. The van der Waals surface area contributed by atoms with E-state index in [1.165, 1.54) is 38.5 Å². The van der Waals surface area contributed by atoms with Gasteiger partial charge in [0.25, 0.3) is 0 Å². The lowest BCUT2D eigenvalue weighted by Crippen LogP contribution is -2.29. The first-order chi connectivity index (χ1) is 10.2. The summed E-state index contributed by atoms with van der Waals surface area (Å²) in [5.41, 5.74) is 0. The Bertz CT molecular complexity index is 241. The van der Waals surface area contributed by atoms with Crippen LogP contribution in [0.4, 0.5) is 0 Å². The zero-order valence-corrected chi connectivity index (χ0v) is 14.4. The van der Waals surface area contributed by atoms with Gasteiger partial charge in [0.1, 0.15) is 0 Å². The summed E-state index contributed by atoms with van der Waals surface area (Å²) < 4.78 is 5.31. The number of aliphatic hydroxyl groups excluding tert-OH is 1. The fourth-order valence-corrected chi connectivity index (χ4v) is 2.61. The second-order valence-corrected chi connectivity index (χ2v) is 6.01. The van der Waals surface area contributed by atoms with Crippen LogP contribution in [-0.4, -0.2) is 23.8 Å². The maximum absolute atomic E-state index is 11.9. The van der Waals surface area contributed by atoms with Gasteiger partial charge in [-0.2, -0.15) is 0 Å². The molecule has 126 valence electrons. The molecule has 0 heterocycles. The molecule has 0 aromatic heterocycles. The molecule has 0 fully saturated rings. The van der Waals surface area contributed by atoms with Crippen LogP contribution in [0.15, 0.2) is 0 Å². The monoisotopic (exact) mass is 300 g/mol. The highest BCUT2D eigenvalue weighted by Gasteiger charge is 2.25. The highest BCUT2D eigenvalue weighted by atomic mass is 16.5. The number of esters is 1. The van der Waals surface area contributed by atoms with E-state index >= 15 is 0 Å². The number of hydrogen-bond donors (Lipinski definition) is 1. The van der Waals surface area contributed by atoms with Crippen LogP contribution in [-0.2, 0) is 9.53 Å². The minimum Gasteiger partial charge on any atom is -0.465 e. The molecule has 1 N–H and O–H groups in total. The van der Waals surface area contributed by atoms with E-state index in [0.717, 1.165) is 19.3 Å². The fraction of sp³-hybridized carbons (Fsp3) is 0.944. The first-order valence-corrected chi connectivity index (χ1v) is 9.01. The van der Waals surface area contributed by atoms with Crippen LogP contribution < -0.4 is 0 Å². The summed E-state index contributed by atoms with van der Waals surface area (Å²) in [5.74, 6) is -0.569. The lowest BCUT2D eigenvalue weighted by molar-refractivity contribution is -0.153. The number of unbranched alkanes of at least 4 members (excludes halogenated alkanes) is 7. The molecule has 0 amide bonds. The standard InChI is InChI=1S/C18H36O3/c1-4-7-8-9-10-11-12-13-15-21-18(20)16(6-3)17(19)14-5-2/h16-17,19H,4-15H2,1-3H3. The second kappa shape index (κ2) is 14.4. The molecule has 3 nitrogen and oxygen atoms in total. The molecule has 0 aromatic carbocycles. The third kappa shape index (κ3) is 10.8. The maximum atomic E-state index is 11.9. The van der Waals surface area contributed by atoms with Crippen LogP contribution in [0, 0.1) is 5.92 Å². The van der Waals surface area contributed by atoms with E-state index in [1.54, 1.807) is 0 Å². The Morgan fingerprint density at radius 1 is 0.905 bits per heavy atom. The summed E-state index contributed by atoms with van der Waals surface area (Å²) in [6, 6.07) is 0. The quantitative estimate of drug-likeness (QED) is 0.368. The summed E-state index contributed by atoms with van der Waals surface area (Å²) in [5, 5.41) is 9.92. The lowest BCUT2D eigenvalue weighted by atomic mass is 9.96. The van der Waals surface area contributed by atoms with Gasteiger partial charge in [-0.1, -0.05) is 72.1 Å². The first kappa shape index (κ1) is 20.4. The maximum Gasteiger partial charge on any atom is 0.311 e. The van der Waals surface area contributed by atoms with Gasteiger partial charge >= 0.3 is 5.97 Å². The average Bonchev–Trinajstić information content (AvgIpc) is 2.46. The number of rotatable bonds is 14. The van der Waals surface area contributed by atoms with Crippen molar-refractivity contribution in [2.24, 2.45) is 5.92 Å². The SMILES string of the molecule is CCCCCCCCCCOC(=O)C(CC)C(O)CCC. The molecule has 0 aliphatic carbocycles. The summed E-state index contributed by atoms with van der Waals surface area (Å²) >= 11 is 0. The number of carbonyl (C=O) groups is 1. The zero-order valence-electron chi connectivity index (χ0n) is 14.4. The summed E-state index contributed by atoms with van der Waals surface area (Å²) in [7, 11) is 0. The minimum absolute atomic E-state index is 0.221. The minimum atomic E-state index is -0.550. The Kier molecular flexibility index (Phi) is 14.0. The largest absolute Gasteiger partial charge is 0.465 e. The Morgan fingerprint density at radius 2 is 1.48 bits per heavy atom. The molecule has 2 unspecified atom stereocenters. The number of hydrogen-bond acceptors (Lipinski definition) is 3. The van der Waals surface area contributed by atoms with Crippen LogP contribution in [0.1, 0.15) is 91.4 Å². The van der Waals surface area contributed by atoms with Gasteiger partial charge < -0.3 is 9.84 Å². The van der Waals surface area contributed by atoms with E-state index in [0.29, 0.717) is 19.4 Å². The molecule has 0 aliphatic rings. The van der Waals surface area contributed by atoms with E-state index < -0.39 is 6.10 Å². The van der Waals surface area contributed by atoms with Crippen molar-refractivity contribution in [3.05, 3.63) is 0 Å². The third-order valence-corrected chi connectivity index (χ3v) is 4.03. The van der Waals surface area contributed by atoms with E-state index in [9.17, 15) is 9.90 Å². The van der Waals surface area contributed by atoms with Crippen LogP contribution >= 0.6 is 0 Å². The van der Waals surface area contributed by atoms with Gasteiger partial charge in [-0.3, -0.25) is 4.79 Å². The number of carbonyl (C=O) groups excluding carboxylic acids is 1. The Morgan fingerprint density at radius 3 is 2.00 bits per heavy atom.